The van der Waals surface area contributed by atoms with Crippen molar-refractivity contribution in [1.29, 1.82) is 0 Å². The third kappa shape index (κ3) is 4.70. The third-order valence-electron chi connectivity index (χ3n) is 6.75. The van der Waals surface area contributed by atoms with Crippen LogP contribution in [0.5, 0.6) is 0 Å². The lowest BCUT2D eigenvalue weighted by Crippen LogP contribution is -2.48. The van der Waals surface area contributed by atoms with Gasteiger partial charge in [0, 0.05) is 57.4 Å². The number of aromatic nitrogens is 2. The van der Waals surface area contributed by atoms with Crippen molar-refractivity contribution in [2.24, 2.45) is 0 Å². The van der Waals surface area contributed by atoms with E-state index in [9.17, 15) is 22.0 Å². The molecule has 3 heterocycles. The number of halogens is 2. The largest absolute Gasteiger partial charge is 0.360 e. The molecule has 1 amide bonds. The van der Waals surface area contributed by atoms with Gasteiger partial charge in [-0.25, -0.2) is 27.2 Å². The molecule has 8 nitrogen and oxygen atoms in total. The van der Waals surface area contributed by atoms with Gasteiger partial charge in [-0.15, -0.1) is 0 Å². The normalized spacial score (nSPS) is 19.7. The number of amides is 1. The minimum absolute atomic E-state index is 0.0614. The molecule has 2 aliphatic rings. The maximum absolute atomic E-state index is 14.7. The van der Waals surface area contributed by atoms with Crippen LogP contribution in [-0.2, 0) is 21.1 Å². The first-order valence-corrected chi connectivity index (χ1v) is 13.3. The number of hydrogen-bond acceptors (Lipinski definition) is 7. The zero-order valence-electron chi connectivity index (χ0n) is 19.5. The molecule has 0 aliphatic carbocycles. The van der Waals surface area contributed by atoms with E-state index in [2.05, 4.69) is 21.8 Å². The Bertz CT molecular complexity index is 1170. The zero-order chi connectivity index (χ0) is 24.6. The summed E-state index contributed by atoms with van der Waals surface area (Å²) < 4.78 is 52.4. The van der Waals surface area contributed by atoms with Crippen LogP contribution in [0, 0.1) is 11.6 Å². The first kappa shape index (κ1) is 24.3. The number of nitrogens with zero attached hydrogens (tertiary/aromatic N) is 5. The topological polar surface area (TPSA) is 86.7 Å². The molecule has 1 aromatic carbocycles. The Labute approximate surface area is 198 Å². The Balaban J connectivity index is 1.42. The van der Waals surface area contributed by atoms with Gasteiger partial charge in [0.25, 0.3) is 0 Å². The molecule has 2 aromatic rings. The van der Waals surface area contributed by atoms with Crippen LogP contribution in [0.3, 0.4) is 0 Å². The van der Waals surface area contributed by atoms with Crippen molar-refractivity contribution in [2.75, 3.05) is 42.7 Å². The standard InChI is InChI=1S/C23H29F2N5O3S/c1-4-15-13-26-23(27-14-15)29-8-5-16(6-9-29)30-10-7-19(22(30)31)28(2)20-11-18(25)21(12-17(20)24)34(3,32)33/h11-14,16,19H,4-10H2,1-3H3. The molecule has 0 radical (unpaired) electrons. The molecule has 1 atom stereocenters. The summed E-state index contributed by atoms with van der Waals surface area (Å²) in [6.45, 7) is 4.04. The van der Waals surface area contributed by atoms with Crippen LogP contribution in [-0.4, -0.2) is 74.2 Å². The summed E-state index contributed by atoms with van der Waals surface area (Å²) in [5.41, 5.74) is 0.950. The second-order valence-electron chi connectivity index (χ2n) is 8.92. The highest BCUT2D eigenvalue weighted by atomic mass is 32.2. The van der Waals surface area contributed by atoms with Crippen LogP contribution in [0.25, 0.3) is 0 Å². The number of benzene rings is 1. The number of carbonyl (C=O) groups excluding carboxylic acids is 1. The number of piperidine rings is 1. The van der Waals surface area contributed by atoms with Gasteiger partial charge >= 0.3 is 0 Å². The van der Waals surface area contributed by atoms with Crippen molar-refractivity contribution in [1.82, 2.24) is 14.9 Å². The van der Waals surface area contributed by atoms with Crippen molar-refractivity contribution >= 4 is 27.4 Å². The highest BCUT2D eigenvalue weighted by Crippen LogP contribution is 2.31. The summed E-state index contributed by atoms with van der Waals surface area (Å²) in [7, 11) is -2.37. The van der Waals surface area contributed by atoms with E-state index in [1.807, 2.05) is 17.3 Å². The van der Waals surface area contributed by atoms with E-state index < -0.39 is 32.4 Å². The van der Waals surface area contributed by atoms with Gasteiger partial charge in [0.15, 0.2) is 9.84 Å². The third-order valence-corrected chi connectivity index (χ3v) is 7.86. The smallest absolute Gasteiger partial charge is 0.245 e. The van der Waals surface area contributed by atoms with E-state index in [-0.39, 0.29) is 17.6 Å². The first-order valence-electron chi connectivity index (χ1n) is 11.4. The number of anilines is 2. The Morgan fingerprint density at radius 2 is 1.71 bits per heavy atom. The maximum atomic E-state index is 14.7. The zero-order valence-corrected chi connectivity index (χ0v) is 20.4. The molecule has 0 spiro atoms. The number of likely N-dealkylation sites (N-methyl/N-ethyl adjacent to an activating group) is 1. The van der Waals surface area contributed by atoms with E-state index in [0.717, 1.165) is 50.2 Å². The summed E-state index contributed by atoms with van der Waals surface area (Å²) in [6.07, 6.45) is 7.40. The van der Waals surface area contributed by atoms with Crippen molar-refractivity contribution in [3.05, 3.63) is 41.7 Å². The fraction of sp³-hybridized carbons (Fsp3) is 0.522. The van der Waals surface area contributed by atoms with E-state index in [4.69, 9.17) is 0 Å². The molecule has 11 heteroatoms. The van der Waals surface area contributed by atoms with Gasteiger partial charge in [0.1, 0.15) is 22.6 Å². The van der Waals surface area contributed by atoms with Crippen LogP contribution in [0.2, 0.25) is 0 Å². The molecular weight excluding hydrogens is 464 g/mol. The number of hydrogen-bond donors (Lipinski definition) is 0. The Morgan fingerprint density at radius 1 is 1.06 bits per heavy atom. The predicted molar refractivity (Wildman–Crippen MR) is 125 cm³/mol. The fourth-order valence-electron chi connectivity index (χ4n) is 4.72. The number of likely N-dealkylation sites (tertiary alicyclic amines) is 1. The molecule has 184 valence electrons. The number of rotatable bonds is 6. The average Bonchev–Trinajstić information content (AvgIpc) is 3.20. The lowest BCUT2D eigenvalue weighted by atomic mass is 10.0. The lowest BCUT2D eigenvalue weighted by Gasteiger charge is -2.37. The van der Waals surface area contributed by atoms with Gasteiger partial charge in [-0.3, -0.25) is 4.79 Å². The molecule has 2 fully saturated rings. The minimum atomic E-state index is -3.90. The number of carbonyl (C=O) groups is 1. The summed E-state index contributed by atoms with van der Waals surface area (Å²) in [5.74, 6) is -1.35. The number of sulfone groups is 1. The molecular formula is C23H29F2N5O3S. The second kappa shape index (κ2) is 9.44. The van der Waals surface area contributed by atoms with Crippen LogP contribution in [0.15, 0.2) is 29.4 Å². The van der Waals surface area contributed by atoms with E-state index in [0.29, 0.717) is 25.0 Å². The average molecular weight is 494 g/mol. The Kier molecular flexibility index (Phi) is 6.75. The second-order valence-corrected chi connectivity index (χ2v) is 10.9. The Hall–Kier alpha value is -2.82. The van der Waals surface area contributed by atoms with Crippen LogP contribution < -0.4 is 9.80 Å². The maximum Gasteiger partial charge on any atom is 0.245 e. The van der Waals surface area contributed by atoms with Crippen molar-refractivity contribution < 1.29 is 22.0 Å². The van der Waals surface area contributed by atoms with Crippen LogP contribution >= 0.6 is 0 Å². The van der Waals surface area contributed by atoms with E-state index in [1.165, 1.54) is 11.9 Å². The summed E-state index contributed by atoms with van der Waals surface area (Å²) in [5, 5.41) is 0. The molecule has 0 bridgehead atoms. The fourth-order valence-corrected chi connectivity index (χ4v) is 5.45. The molecule has 4 rings (SSSR count). The molecule has 0 N–H and O–H groups in total. The predicted octanol–water partition coefficient (Wildman–Crippen LogP) is 2.43. The van der Waals surface area contributed by atoms with E-state index in [1.54, 1.807) is 0 Å². The molecule has 0 saturated carbocycles. The van der Waals surface area contributed by atoms with Gasteiger partial charge in [-0.1, -0.05) is 6.92 Å². The molecule has 34 heavy (non-hydrogen) atoms. The van der Waals surface area contributed by atoms with Crippen LogP contribution in [0.1, 0.15) is 31.7 Å². The summed E-state index contributed by atoms with van der Waals surface area (Å²) in [6, 6.07) is 0.954. The van der Waals surface area contributed by atoms with Gasteiger partial charge < -0.3 is 14.7 Å². The van der Waals surface area contributed by atoms with Crippen molar-refractivity contribution in [2.45, 2.75) is 49.6 Å². The highest BCUT2D eigenvalue weighted by Gasteiger charge is 2.40. The van der Waals surface area contributed by atoms with Gasteiger partial charge in [0.05, 0.1) is 5.69 Å². The molecule has 2 saturated heterocycles. The first-order chi connectivity index (χ1) is 16.1. The summed E-state index contributed by atoms with van der Waals surface area (Å²) >= 11 is 0. The lowest BCUT2D eigenvalue weighted by molar-refractivity contribution is -0.131. The van der Waals surface area contributed by atoms with Crippen molar-refractivity contribution in [3.8, 4) is 0 Å². The van der Waals surface area contributed by atoms with E-state index >= 15 is 0 Å². The minimum Gasteiger partial charge on any atom is -0.360 e. The number of aryl methyl sites for hydroxylation is 1. The highest BCUT2D eigenvalue weighted by molar-refractivity contribution is 7.90. The van der Waals surface area contributed by atoms with Gasteiger partial charge in [0.2, 0.25) is 11.9 Å². The molecule has 1 unspecified atom stereocenters. The SMILES string of the molecule is CCc1cnc(N2CCC(N3CCC(N(C)c4cc(F)c(S(C)(=O)=O)cc4F)C3=O)CC2)nc1. The Morgan fingerprint density at radius 3 is 2.29 bits per heavy atom. The van der Waals surface area contributed by atoms with Gasteiger partial charge in [-0.05, 0) is 37.3 Å². The summed E-state index contributed by atoms with van der Waals surface area (Å²) in [4.78, 5) is 26.7. The quantitative estimate of drug-likeness (QED) is 0.611. The van der Waals surface area contributed by atoms with Crippen LogP contribution in [0.4, 0.5) is 20.4 Å². The molecule has 2 aliphatic heterocycles. The van der Waals surface area contributed by atoms with Crippen molar-refractivity contribution in [3.63, 3.8) is 0 Å². The molecule has 1 aromatic heterocycles. The monoisotopic (exact) mass is 493 g/mol. The van der Waals surface area contributed by atoms with Gasteiger partial charge in [-0.2, -0.15) is 0 Å².